The lowest BCUT2D eigenvalue weighted by molar-refractivity contribution is -0.139. The van der Waals surface area contributed by atoms with Gasteiger partial charge in [-0.25, -0.2) is 9.97 Å². The van der Waals surface area contributed by atoms with Crippen LogP contribution in [-0.2, 0) is 16.0 Å². The molecule has 19 heavy (non-hydrogen) atoms. The molecule has 0 saturated heterocycles. The standard InChI is InChI=1S/C14H14N2O3/c1-18-12-6-4-3-5-10(12)11-7-8-15-13(16-11)9-14(17)19-2/h3-8H,9H2,1-2H3. The highest BCUT2D eigenvalue weighted by atomic mass is 16.5. The van der Waals surface area contributed by atoms with Crippen LogP contribution in [0.3, 0.4) is 0 Å². The van der Waals surface area contributed by atoms with Gasteiger partial charge in [0.2, 0.25) is 0 Å². The highest BCUT2D eigenvalue weighted by Gasteiger charge is 2.10. The smallest absolute Gasteiger partial charge is 0.313 e. The van der Waals surface area contributed by atoms with E-state index in [1.165, 1.54) is 7.11 Å². The summed E-state index contributed by atoms with van der Waals surface area (Å²) >= 11 is 0. The molecule has 0 unspecified atom stereocenters. The zero-order valence-corrected chi connectivity index (χ0v) is 10.8. The molecule has 0 bridgehead atoms. The topological polar surface area (TPSA) is 61.3 Å². The van der Waals surface area contributed by atoms with Gasteiger partial charge in [0.05, 0.1) is 19.9 Å². The first-order valence-corrected chi connectivity index (χ1v) is 5.76. The molecule has 0 atom stereocenters. The lowest BCUT2D eigenvalue weighted by Crippen LogP contribution is -2.08. The maximum absolute atomic E-state index is 11.2. The molecule has 0 N–H and O–H groups in total. The molecule has 2 aromatic rings. The Balaban J connectivity index is 2.35. The fourth-order valence-electron chi connectivity index (χ4n) is 1.69. The van der Waals surface area contributed by atoms with Crippen LogP contribution in [0.1, 0.15) is 5.82 Å². The van der Waals surface area contributed by atoms with Gasteiger partial charge in [-0.05, 0) is 18.2 Å². The quantitative estimate of drug-likeness (QED) is 0.783. The van der Waals surface area contributed by atoms with Crippen molar-refractivity contribution >= 4 is 5.97 Å². The van der Waals surface area contributed by atoms with E-state index in [0.29, 0.717) is 11.5 Å². The summed E-state index contributed by atoms with van der Waals surface area (Å²) < 4.78 is 9.89. The number of carbonyl (C=O) groups is 1. The second-order valence-corrected chi connectivity index (χ2v) is 3.81. The third-order valence-corrected chi connectivity index (χ3v) is 2.62. The largest absolute Gasteiger partial charge is 0.496 e. The minimum atomic E-state index is -0.364. The fraction of sp³-hybridized carbons (Fsp3) is 0.214. The van der Waals surface area contributed by atoms with Gasteiger partial charge < -0.3 is 9.47 Å². The molecule has 5 nitrogen and oxygen atoms in total. The van der Waals surface area contributed by atoms with Crippen LogP contribution in [0.25, 0.3) is 11.3 Å². The van der Waals surface area contributed by atoms with Crippen molar-refractivity contribution in [2.24, 2.45) is 0 Å². The lowest BCUT2D eigenvalue weighted by Gasteiger charge is -2.08. The maximum Gasteiger partial charge on any atom is 0.313 e. The van der Waals surface area contributed by atoms with Gasteiger partial charge in [-0.2, -0.15) is 0 Å². The van der Waals surface area contributed by atoms with Crippen LogP contribution in [-0.4, -0.2) is 30.2 Å². The fourth-order valence-corrected chi connectivity index (χ4v) is 1.69. The number of rotatable bonds is 4. The zero-order valence-electron chi connectivity index (χ0n) is 10.8. The van der Waals surface area contributed by atoms with Crippen molar-refractivity contribution in [2.75, 3.05) is 14.2 Å². The van der Waals surface area contributed by atoms with E-state index >= 15 is 0 Å². The first kappa shape index (κ1) is 13.0. The third-order valence-electron chi connectivity index (χ3n) is 2.62. The van der Waals surface area contributed by atoms with E-state index in [-0.39, 0.29) is 12.4 Å². The Morgan fingerprint density at radius 3 is 2.74 bits per heavy atom. The molecule has 0 aliphatic carbocycles. The highest BCUT2D eigenvalue weighted by Crippen LogP contribution is 2.27. The van der Waals surface area contributed by atoms with Crippen molar-refractivity contribution in [3.05, 3.63) is 42.4 Å². The molecule has 0 spiro atoms. The van der Waals surface area contributed by atoms with E-state index in [2.05, 4.69) is 14.7 Å². The summed E-state index contributed by atoms with van der Waals surface area (Å²) in [5.41, 5.74) is 1.57. The van der Waals surface area contributed by atoms with E-state index < -0.39 is 0 Å². The van der Waals surface area contributed by atoms with Crippen molar-refractivity contribution < 1.29 is 14.3 Å². The Hall–Kier alpha value is -2.43. The Kier molecular flexibility index (Phi) is 4.07. The number of benzene rings is 1. The van der Waals surface area contributed by atoms with E-state index in [1.54, 1.807) is 19.4 Å². The number of aromatic nitrogens is 2. The summed E-state index contributed by atoms with van der Waals surface area (Å²) in [5.74, 6) is 0.789. The van der Waals surface area contributed by atoms with Crippen LogP contribution in [0.5, 0.6) is 5.75 Å². The molecular formula is C14H14N2O3. The minimum absolute atomic E-state index is 0.0550. The molecule has 98 valence electrons. The Bertz CT molecular complexity index is 584. The Morgan fingerprint density at radius 2 is 2.00 bits per heavy atom. The number of carbonyl (C=O) groups excluding carboxylic acids is 1. The molecule has 5 heteroatoms. The van der Waals surface area contributed by atoms with Gasteiger partial charge in [-0.3, -0.25) is 4.79 Å². The summed E-state index contributed by atoms with van der Waals surface area (Å²) in [6, 6.07) is 9.33. The van der Waals surface area contributed by atoms with E-state index in [1.807, 2.05) is 24.3 Å². The van der Waals surface area contributed by atoms with Gasteiger partial charge >= 0.3 is 5.97 Å². The van der Waals surface area contributed by atoms with Crippen molar-refractivity contribution in [3.8, 4) is 17.0 Å². The molecule has 0 fully saturated rings. The zero-order chi connectivity index (χ0) is 13.7. The minimum Gasteiger partial charge on any atom is -0.496 e. The van der Waals surface area contributed by atoms with Crippen molar-refractivity contribution in [3.63, 3.8) is 0 Å². The van der Waals surface area contributed by atoms with Crippen LogP contribution < -0.4 is 4.74 Å². The summed E-state index contributed by atoms with van der Waals surface area (Å²) in [6.07, 6.45) is 1.67. The van der Waals surface area contributed by atoms with Crippen molar-refractivity contribution in [1.82, 2.24) is 9.97 Å². The Labute approximate surface area is 111 Å². The van der Waals surface area contributed by atoms with Crippen LogP contribution >= 0.6 is 0 Å². The molecular weight excluding hydrogens is 244 g/mol. The summed E-state index contributed by atoms with van der Waals surface area (Å²) in [4.78, 5) is 19.6. The molecule has 0 amide bonds. The third kappa shape index (κ3) is 3.07. The molecule has 0 radical (unpaired) electrons. The van der Waals surface area contributed by atoms with E-state index in [4.69, 9.17) is 4.74 Å². The molecule has 1 aromatic carbocycles. The summed E-state index contributed by atoms with van der Waals surface area (Å²) in [5, 5.41) is 0. The van der Waals surface area contributed by atoms with Crippen LogP contribution in [0.2, 0.25) is 0 Å². The first-order valence-electron chi connectivity index (χ1n) is 5.76. The average molecular weight is 258 g/mol. The van der Waals surface area contributed by atoms with Crippen molar-refractivity contribution in [1.29, 1.82) is 0 Å². The monoisotopic (exact) mass is 258 g/mol. The number of hydrogen-bond acceptors (Lipinski definition) is 5. The molecule has 0 saturated carbocycles. The predicted molar refractivity (Wildman–Crippen MR) is 69.7 cm³/mol. The van der Waals surface area contributed by atoms with Gasteiger partial charge in [0.25, 0.3) is 0 Å². The Morgan fingerprint density at radius 1 is 1.21 bits per heavy atom. The van der Waals surface area contributed by atoms with Crippen molar-refractivity contribution in [2.45, 2.75) is 6.42 Å². The first-order chi connectivity index (χ1) is 9.24. The van der Waals surface area contributed by atoms with Gasteiger partial charge in [0.15, 0.2) is 0 Å². The maximum atomic E-state index is 11.2. The lowest BCUT2D eigenvalue weighted by atomic mass is 10.1. The van der Waals surface area contributed by atoms with Gasteiger partial charge in [-0.1, -0.05) is 12.1 Å². The predicted octanol–water partition coefficient (Wildman–Crippen LogP) is 1.87. The molecule has 0 aliphatic rings. The molecule has 0 aliphatic heterocycles. The normalized spacial score (nSPS) is 10.0. The van der Waals surface area contributed by atoms with Crippen LogP contribution in [0.4, 0.5) is 0 Å². The van der Waals surface area contributed by atoms with E-state index in [9.17, 15) is 4.79 Å². The summed E-state index contributed by atoms with van der Waals surface area (Å²) in [7, 11) is 2.95. The molecule has 1 aromatic heterocycles. The number of para-hydroxylation sites is 1. The number of ether oxygens (including phenoxy) is 2. The highest BCUT2D eigenvalue weighted by molar-refractivity contribution is 5.72. The van der Waals surface area contributed by atoms with Gasteiger partial charge in [0.1, 0.15) is 18.0 Å². The van der Waals surface area contributed by atoms with Gasteiger partial charge in [-0.15, -0.1) is 0 Å². The van der Waals surface area contributed by atoms with E-state index in [0.717, 1.165) is 11.3 Å². The average Bonchev–Trinajstić information content (AvgIpc) is 2.47. The second-order valence-electron chi connectivity index (χ2n) is 3.81. The summed E-state index contributed by atoms with van der Waals surface area (Å²) in [6.45, 7) is 0. The molecule has 2 rings (SSSR count). The SMILES string of the molecule is COC(=O)Cc1nccc(-c2ccccc2OC)n1. The molecule has 1 heterocycles. The number of hydrogen-bond donors (Lipinski definition) is 0. The number of nitrogens with zero attached hydrogens (tertiary/aromatic N) is 2. The van der Waals surface area contributed by atoms with Crippen LogP contribution in [0, 0.1) is 0 Å². The van der Waals surface area contributed by atoms with Crippen LogP contribution in [0.15, 0.2) is 36.5 Å². The number of methoxy groups -OCH3 is 2. The number of esters is 1. The second kappa shape index (κ2) is 5.95. The van der Waals surface area contributed by atoms with Gasteiger partial charge in [0, 0.05) is 11.8 Å².